The number of ether oxygens (including phenoxy) is 1. The van der Waals surface area contributed by atoms with Gasteiger partial charge in [0.2, 0.25) is 5.90 Å². The molecule has 1 aromatic rings. The number of benzene rings is 1. The maximum absolute atomic E-state index is 8.59. The van der Waals surface area contributed by atoms with Gasteiger partial charge < -0.3 is 4.74 Å². The fourth-order valence-electron chi connectivity index (χ4n) is 1.70. The van der Waals surface area contributed by atoms with Gasteiger partial charge >= 0.3 is 0 Å². The molecule has 2 rings (SSSR count). The minimum Gasteiger partial charge on any atom is -0.475 e. The predicted octanol–water partition coefficient (Wildman–Crippen LogP) is 2.66. The van der Waals surface area contributed by atoms with E-state index in [4.69, 9.17) is 10.00 Å². The molecule has 0 unspecified atom stereocenters. The highest BCUT2D eigenvalue weighted by Crippen LogP contribution is 2.22. The fourth-order valence-corrected chi connectivity index (χ4v) is 2.04. The van der Waals surface area contributed by atoms with Crippen LogP contribution in [0.15, 0.2) is 34.3 Å². The molecule has 104 valence electrons. The first-order chi connectivity index (χ1) is 9.54. The van der Waals surface area contributed by atoms with Crippen LogP contribution < -0.4 is 5.32 Å². The Kier molecular flexibility index (Phi) is 4.30. The molecule has 1 N–H and O–H groups in total. The Labute approximate surface area is 122 Å². The molecule has 0 saturated carbocycles. The van der Waals surface area contributed by atoms with Gasteiger partial charge in [-0.3, -0.25) is 5.32 Å². The van der Waals surface area contributed by atoms with Crippen LogP contribution in [0.1, 0.15) is 19.4 Å². The van der Waals surface area contributed by atoms with Crippen molar-refractivity contribution >= 4 is 28.5 Å². The molecule has 0 aliphatic carbocycles. The summed E-state index contributed by atoms with van der Waals surface area (Å²) in [5.41, 5.74) is 1.56. The van der Waals surface area contributed by atoms with Crippen LogP contribution in [0.4, 0.5) is 5.69 Å². The second kappa shape index (κ2) is 5.97. The number of aliphatic imine (C=N–C) groups is 2. The quantitative estimate of drug-likeness (QED) is 0.393. The highest BCUT2D eigenvalue weighted by molar-refractivity contribution is 8.13. The van der Waals surface area contributed by atoms with Crippen LogP contribution in [0, 0.1) is 11.5 Å². The number of nitrogens with one attached hydrogen (secondary N) is 1. The van der Waals surface area contributed by atoms with Crippen molar-refractivity contribution in [2.24, 2.45) is 9.98 Å². The first-order valence-corrected chi connectivity index (χ1v) is 7.37. The van der Waals surface area contributed by atoms with Crippen molar-refractivity contribution < 1.29 is 4.74 Å². The van der Waals surface area contributed by atoms with E-state index >= 15 is 0 Å². The summed E-state index contributed by atoms with van der Waals surface area (Å²) in [6.45, 7) is 4.68. The van der Waals surface area contributed by atoms with E-state index in [1.807, 2.05) is 50.6 Å². The molecular formula is C14H16N4OS. The molecule has 0 radical (unpaired) electrons. The number of nitrogens with zero attached hydrogens (tertiary/aromatic N) is 3. The molecule has 0 atom stereocenters. The summed E-state index contributed by atoms with van der Waals surface area (Å²) in [5.74, 6) is 0.672. The molecule has 0 fully saturated rings. The molecule has 1 aliphatic rings. The Bertz CT molecular complexity index is 584. The third-order valence-corrected chi connectivity index (χ3v) is 3.25. The first kappa shape index (κ1) is 14.4. The van der Waals surface area contributed by atoms with E-state index in [0.29, 0.717) is 17.7 Å². The Morgan fingerprint density at radius 1 is 1.45 bits per heavy atom. The van der Waals surface area contributed by atoms with Crippen molar-refractivity contribution in [3.05, 3.63) is 29.8 Å². The van der Waals surface area contributed by atoms with Gasteiger partial charge in [-0.2, -0.15) is 5.26 Å². The minimum atomic E-state index is -0.158. The summed E-state index contributed by atoms with van der Waals surface area (Å²) in [4.78, 5) is 8.85. The van der Waals surface area contributed by atoms with Crippen molar-refractivity contribution in [3.8, 4) is 6.19 Å². The lowest BCUT2D eigenvalue weighted by Crippen LogP contribution is -2.17. The summed E-state index contributed by atoms with van der Waals surface area (Å²) in [6.07, 6.45) is 3.73. The van der Waals surface area contributed by atoms with Crippen molar-refractivity contribution in [2.45, 2.75) is 19.4 Å². The van der Waals surface area contributed by atoms with Crippen LogP contribution >= 0.6 is 11.8 Å². The van der Waals surface area contributed by atoms with Gasteiger partial charge in [0.15, 0.2) is 11.4 Å². The number of rotatable bonds is 2. The lowest BCUT2D eigenvalue weighted by molar-refractivity contribution is 0.279. The molecule has 1 aromatic carbocycles. The Morgan fingerprint density at radius 3 is 2.65 bits per heavy atom. The zero-order valence-corrected chi connectivity index (χ0v) is 12.5. The monoisotopic (exact) mass is 288 g/mol. The van der Waals surface area contributed by atoms with Crippen LogP contribution in [0.3, 0.4) is 0 Å². The van der Waals surface area contributed by atoms with Gasteiger partial charge in [0.05, 0.1) is 11.2 Å². The normalized spacial score (nSPS) is 17.1. The van der Waals surface area contributed by atoms with Gasteiger partial charge in [0.1, 0.15) is 6.61 Å². The van der Waals surface area contributed by atoms with Gasteiger partial charge in [-0.15, -0.1) is 0 Å². The molecule has 1 aliphatic heterocycles. The zero-order chi connectivity index (χ0) is 14.6. The van der Waals surface area contributed by atoms with E-state index < -0.39 is 0 Å². The minimum absolute atomic E-state index is 0.158. The fraction of sp³-hybridized carbons (Fsp3) is 0.357. The second-order valence-electron chi connectivity index (χ2n) is 4.92. The molecule has 0 aromatic heterocycles. The Balaban J connectivity index is 2.17. The summed E-state index contributed by atoms with van der Waals surface area (Å²) in [6, 6.07) is 7.59. The lowest BCUT2D eigenvalue weighted by atomic mass is 10.1. The van der Waals surface area contributed by atoms with Crippen LogP contribution in [0.5, 0.6) is 0 Å². The molecule has 6 heteroatoms. The molecular weight excluding hydrogens is 272 g/mol. The molecule has 0 amide bonds. The van der Waals surface area contributed by atoms with E-state index in [-0.39, 0.29) is 5.54 Å². The summed E-state index contributed by atoms with van der Waals surface area (Å²) >= 11 is 1.39. The summed E-state index contributed by atoms with van der Waals surface area (Å²) in [7, 11) is 0. The molecule has 0 spiro atoms. The third kappa shape index (κ3) is 3.52. The zero-order valence-electron chi connectivity index (χ0n) is 11.7. The first-order valence-electron chi connectivity index (χ1n) is 6.15. The van der Waals surface area contributed by atoms with Crippen LogP contribution in [0.25, 0.3) is 0 Å². The third-order valence-electron chi connectivity index (χ3n) is 2.67. The number of amidine groups is 1. The predicted molar refractivity (Wildman–Crippen MR) is 82.4 cm³/mol. The smallest absolute Gasteiger partial charge is 0.216 e. The summed E-state index contributed by atoms with van der Waals surface area (Å²) in [5, 5.41) is 11.7. The molecule has 5 nitrogen and oxygen atoms in total. The molecule has 0 bridgehead atoms. The van der Waals surface area contributed by atoms with Crippen molar-refractivity contribution in [3.63, 3.8) is 0 Å². The van der Waals surface area contributed by atoms with Crippen molar-refractivity contribution in [1.82, 2.24) is 5.32 Å². The SMILES string of the molecule is CSC(=Nc1ccc(C2=NC(C)(C)CO2)cc1)NC#N. The van der Waals surface area contributed by atoms with Crippen LogP contribution in [-0.4, -0.2) is 29.5 Å². The molecule has 0 saturated heterocycles. The van der Waals surface area contributed by atoms with E-state index in [2.05, 4.69) is 15.3 Å². The topological polar surface area (TPSA) is 69.8 Å². The van der Waals surface area contributed by atoms with Crippen LogP contribution in [-0.2, 0) is 4.74 Å². The average molecular weight is 288 g/mol. The standard InChI is InChI=1S/C14H16N4OS/c1-14(2)8-19-12(18-14)10-4-6-11(7-5-10)17-13(20-3)16-9-15/h4-7H,8H2,1-3H3,(H,16,17). The van der Waals surface area contributed by atoms with Gasteiger partial charge in [-0.1, -0.05) is 11.8 Å². The summed E-state index contributed by atoms with van der Waals surface area (Å²) < 4.78 is 5.59. The van der Waals surface area contributed by atoms with E-state index in [1.54, 1.807) is 0 Å². The maximum Gasteiger partial charge on any atom is 0.216 e. The molecule has 20 heavy (non-hydrogen) atoms. The lowest BCUT2D eigenvalue weighted by Gasteiger charge is -2.07. The van der Waals surface area contributed by atoms with Gasteiger partial charge in [0, 0.05) is 5.56 Å². The number of thioether (sulfide) groups is 1. The molecule has 1 heterocycles. The highest BCUT2D eigenvalue weighted by atomic mass is 32.2. The Morgan fingerprint density at radius 2 is 2.15 bits per heavy atom. The van der Waals surface area contributed by atoms with Crippen molar-refractivity contribution in [2.75, 3.05) is 12.9 Å². The van der Waals surface area contributed by atoms with Crippen molar-refractivity contribution in [1.29, 1.82) is 5.26 Å². The van der Waals surface area contributed by atoms with E-state index in [1.165, 1.54) is 11.8 Å². The number of nitriles is 1. The van der Waals surface area contributed by atoms with Gasteiger partial charge in [-0.25, -0.2) is 9.98 Å². The average Bonchev–Trinajstić information content (AvgIpc) is 2.79. The second-order valence-corrected chi connectivity index (χ2v) is 5.72. The van der Waals surface area contributed by atoms with E-state index in [9.17, 15) is 0 Å². The van der Waals surface area contributed by atoms with Gasteiger partial charge in [0.25, 0.3) is 0 Å². The van der Waals surface area contributed by atoms with Crippen LogP contribution in [0.2, 0.25) is 0 Å². The van der Waals surface area contributed by atoms with Gasteiger partial charge in [-0.05, 0) is 44.4 Å². The number of hydrogen-bond acceptors (Lipinski definition) is 5. The maximum atomic E-state index is 8.59. The highest BCUT2D eigenvalue weighted by Gasteiger charge is 2.26. The Hall–Kier alpha value is -2.00. The van der Waals surface area contributed by atoms with E-state index in [0.717, 1.165) is 11.3 Å². The largest absolute Gasteiger partial charge is 0.475 e. The number of hydrogen-bond donors (Lipinski definition) is 1.